The first-order valence-corrected chi connectivity index (χ1v) is 6.59. The molecule has 0 spiro atoms. The predicted molar refractivity (Wildman–Crippen MR) is 68.4 cm³/mol. The van der Waals surface area contributed by atoms with E-state index in [9.17, 15) is 9.59 Å². The fourth-order valence-electron chi connectivity index (χ4n) is 2.45. The molecule has 1 aromatic rings. The molecule has 0 atom stereocenters. The Kier molecular flexibility index (Phi) is 4.50. The second kappa shape index (κ2) is 6.33. The number of hydrogen-bond acceptors (Lipinski definition) is 3. The van der Waals surface area contributed by atoms with Gasteiger partial charge in [0.25, 0.3) is 11.5 Å². The summed E-state index contributed by atoms with van der Waals surface area (Å²) in [5.41, 5.74) is -0.0387. The Hall–Kier alpha value is -1.65. The minimum Gasteiger partial charge on any atom is -0.351 e. The molecule has 2 rings (SSSR count). The molecule has 18 heavy (non-hydrogen) atoms. The van der Waals surface area contributed by atoms with Crippen molar-refractivity contribution in [2.45, 2.75) is 38.5 Å². The second-order valence-corrected chi connectivity index (χ2v) is 4.86. The van der Waals surface area contributed by atoms with E-state index < -0.39 is 0 Å². The SMILES string of the molecule is O=C(NCCCC1CCCC1)c1ccc(=O)[nH]n1. The van der Waals surface area contributed by atoms with E-state index in [-0.39, 0.29) is 17.2 Å². The molecule has 1 heterocycles. The Morgan fingerprint density at radius 1 is 1.39 bits per heavy atom. The van der Waals surface area contributed by atoms with Gasteiger partial charge in [-0.15, -0.1) is 0 Å². The summed E-state index contributed by atoms with van der Waals surface area (Å²) in [4.78, 5) is 22.5. The second-order valence-electron chi connectivity index (χ2n) is 4.86. The average Bonchev–Trinajstić information content (AvgIpc) is 2.88. The molecule has 0 aliphatic heterocycles. The van der Waals surface area contributed by atoms with E-state index in [1.54, 1.807) is 0 Å². The first-order valence-electron chi connectivity index (χ1n) is 6.59. The number of amides is 1. The smallest absolute Gasteiger partial charge is 0.271 e. The average molecular weight is 249 g/mol. The van der Waals surface area contributed by atoms with Crippen molar-refractivity contribution in [1.29, 1.82) is 0 Å². The monoisotopic (exact) mass is 249 g/mol. The van der Waals surface area contributed by atoms with Gasteiger partial charge in [-0.3, -0.25) is 9.59 Å². The van der Waals surface area contributed by atoms with Gasteiger partial charge in [0.2, 0.25) is 0 Å². The molecular weight excluding hydrogens is 230 g/mol. The van der Waals surface area contributed by atoms with Crippen LogP contribution in [0.3, 0.4) is 0 Å². The molecule has 2 N–H and O–H groups in total. The highest BCUT2D eigenvalue weighted by Gasteiger charge is 2.14. The Bertz CT molecular complexity index is 429. The zero-order chi connectivity index (χ0) is 12.8. The predicted octanol–water partition coefficient (Wildman–Crippen LogP) is 1.47. The first-order chi connectivity index (χ1) is 8.75. The largest absolute Gasteiger partial charge is 0.351 e. The lowest BCUT2D eigenvalue weighted by Crippen LogP contribution is -2.26. The molecule has 5 heteroatoms. The summed E-state index contributed by atoms with van der Waals surface area (Å²) in [6, 6.07) is 2.74. The lowest BCUT2D eigenvalue weighted by Gasteiger charge is -2.08. The van der Waals surface area contributed by atoms with Crippen LogP contribution in [0.25, 0.3) is 0 Å². The molecule has 1 aliphatic carbocycles. The molecular formula is C13H19N3O2. The van der Waals surface area contributed by atoms with Crippen molar-refractivity contribution in [1.82, 2.24) is 15.5 Å². The highest BCUT2D eigenvalue weighted by atomic mass is 16.2. The van der Waals surface area contributed by atoms with E-state index in [4.69, 9.17) is 0 Å². The summed E-state index contributed by atoms with van der Waals surface area (Å²) >= 11 is 0. The van der Waals surface area contributed by atoms with Gasteiger partial charge in [0, 0.05) is 12.6 Å². The van der Waals surface area contributed by atoms with E-state index in [2.05, 4.69) is 15.5 Å². The van der Waals surface area contributed by atoms with Crippen molar-refractivity contribution < 1.29 is 4.79 Å². The number of nitrogens with zero attached hydrogens (tertiary/aromatic N) is 1. The quantitative estimate of drug-likeness (QED) is 0.776. The standard InChI is InChI=1S/C13H19N3O2/c17-12-8-7-11(15-16-12)13(18)14-9-3-6-10-4-1-2-5-10/h7-8,10H,1-6,9H2,(H,14,18)(H,16,17). The molecule has 1 aliphatic rings. The van der Waals surface area contributed by atoms with E-state index in [0.717, 1.165) is 12.3 Å². The van der Waals surface area contributed by atoms with Gasteiger partial charge < -0.3 is 5.32 Å². The summed E-state index contributed by atoms with van der Waals surface area (Å²) in [6.45, 7) is 0.677. The summed E-state index contributed by atoms with van der Waals surface area (Å²) < 4.78 is 0. The van der Waals surface area contributed by atoms with Crippen LogP contribution >= 0.6 is 0 Å². The molecule has 1 saturated carbocycles. The molecule has 0 aromatic carbocycles. The topological polar surface area (TPSA) is 74.8 Å². The Morgan fingerprint density at radius 2 is 2.17 bits per heavy atom. The maximum absolute atomic E-state index is 11.7. The highest BCUT2D eigenvalue weighted by molar-refractivity contribution is 5.91. The molecule has 98 valence electrons. The van der Waals surface area contributed by atoms with E-state index >= 15 is 0 Å². The van der Waals surface area contributed by atoms with Crippen molar-refractivity contribution in [2.24, 2.45) is 5.92 Å². The van der Waals surface area contributed by atoms with Crippen LogP contribution in [0.5, 0.6) is 0 Å². The Labute approximate surface area is 106 Å². The summed E-state index contributed by atoms with van der Waals surface area (Å²) in [5, 5.41) is 8.75. The molecule has 0 saturated heterocycles. The maximum Gasteiger partial charge on any atom is 0.271 e. The molecule has 5 nitrogen and oxygen atoms in total. The lowest BCUT2D eigenvalue weighted by molar-refractivity contribution is 0.0946. The van der Waals surface area contributed by atoms with Gasteiger partial charge in [0.15, 0.2) is 0 Å². The van der Waals surface area contributed by atoms with Crippen LogP contribution in [0.2, 0.25) is 0 Å². The van der Waals surface area contributed by atoms with Gasteiger partial charge >= 0.3 is 0 Å². The van der Waals surface area contributed by atoms with Gasteiger partial charge in [-0.2, -0.15) is 5.10 Å². The number of rotatable bonds is 5. The molecule has 1 amide bonds. The minimum atomic E-state index is -0.298. The third-order valence-corrected chi connectivity index (χ3v) is 3.46. The van der Waals surface area contributed by atoms with E-state index in [0.29, 0.717) is 6.54 Å². The van der Waals surface area contributed by atoms with Crippen LogP contribution in [0.4, 0.5) is 0 Å². The van der Waals surface area contributed by atoms with Crippen molar-refractivity contribution in [3.05, 3.63) is 28.2 Å². The summed E-state index contributed by atoms with van der Waals surface area (Å²) in [7, 11) is 0. The molecule has 0 unspecified atom stereocenters. The Morgan fingerprint density at radius 3 is 2.83 bits per heavy atom. The number of H-pyrrole nitrogens is 1. The zero-order valence-electron chi connectivity index (χ0n) is 10.4. The number of aromatic amines is 1. The lowest BCUT2D eigenvalue weighted by atomic mass is 10.0. The number of nitrogens with one attached hydrogen (secondary N) is 2. The normalized spacial score (nSPS) is 15.8. The van der Waals surface area contributed by atoms with Crippen molar-refractivity contribution in [3.8, 4) is 0 Å². The van der Waals surface area contributed by atoms with Crippen LogP contribution < -0.4 is 10.9 Å². The number of aromatic nitrogens is 2. The third kappa shape index (κ3) is 3.68. The maximum atomic E-state index is 11.7. The van der Waals surface area contributed by atoms with Crippen LogP contribution in [-0.2, 0) is 0 Å². The van der Waals surface area contributed by atoms with Crippen molar-refractivity contribution in [3.63, 3.8) is 0 Å². The minimum absolute atomic E-state index is 0.224. The number of carbonyl (C=O) groups is 1. The fraction of sp³-hybridized carbons (Fsp3) is 0.615. The first kappa shape index (κ1) is 12.8. The van der Waals surface area contributed by atoms with Gasteiger partial charge in [0.1, 0.15) is 5.69 Å². The number of hydrogen-bond donors (Lipinski definition) is 2. The molecule has 0 bridgehead atoms. The van der Waals surface area contributed by atoms with Crippen molar-refractivity contribution in [2.75, 3.05) is 6.54 Å². The number of carbonyl (C=O) groups excluding carboxylic acids is 1. The zero-order valence-corrected chi connectivity index (χ0v) is 10.4. The van der Waals surface area contributed by atoms with Crippen LogP contribution in [-0.4, -0.2) is 22.6 Å². The molecule has 0 radical (unpaired) electrons. The van der Waals surface area contributed by atoms with E-state index in [1.165, 1.54) is 44.2 Å². The van der Waals surface area contributed by atoms with Gasteiger partial charge in [-0.25, -0.2) is 5.10 Å². The Balaban J connectivity index is 1.68. The van der Waals surface area contributed by atoms with Crippen molar-refractivity contribution >= 4 is 5.91 Å². The van der Waals surface area contributed by atoms with E-state index in [1.807, 2.05) is 0 Å². The van der Waals surface area contributed by atoms with Gasteiger partial charge in [-0.1, -0.05) is 25.7 Å². The summed E-state index contributed by atoms with van der Waals surface area (Å²) in [5.74, 6) is 0.630. The molecule has 1 fully saturated rings. The third-order valence-electron chi connectivity index (χ3n) is 3.46. The highest BCUT2D eigenvalue weighted by Crippen LogP contribution is 2.28. The van der Waals surface area contributed by atoms with Crippen LogP contribution in [0.15, 0.2) is 16.9 Å². The van der Waals surface area contributed by atoms with Gasteiger partial charge in [0.05, 0.1) is 0 Å². The summed E-state index contributed by atoms with van der Waals surface area (Å²) in [6.07, 6.45) is 7.61. The fourth-order valence-corrected chi connectivity index (χ4v) is 2.45. The van der Waals surface area contributed by atoms with Crippen LogP contribution in [0, 0.1) is 5.92 Å². The molecule has 1 aromatic heterocycles. The van der Waals surface area contributed by atoms with Gasteiger partial charge in [-0.05, 0) is 24.8 Å². The van der Waals surface area contributed by atoms with Crippen LogP contribution in [0.1, 0.15) is 49.0 Å².